The Morgan fingerprint density at radius 3 is 2.51 bits per heavy atom. The maximum absolute atomic E-state index is 14.8. The van der Waals surface area contributed by atoms with E-state index >= 15 is 0 Å². The van der Waals surface area contributed by atoms with Crippen molar-refractivity contribution in [1.82, 2.24) is 9.97 Å². The van der Waals surface area contributed by atoms with Gasteiger partial charge in [-0.15, -0.1) is 0 Å². The number of fused-ring (bicyclic) bond motifs is 3. The van der Waals surface area contributed by atoms with Crippen LogP contribution in [0.25, 0.3) is 11.3 Å². The van der Waals surface area contributed by atoms with E-state index in [-0.39, 0.29) is 29.6 Å². The van der Waals surface area contributed by atoms with Gasteiger partial charge in [0.1, 0.15) is 11.6 Å². The number of hydrogen-bond acceptors (Lipinski definition) is 6. The number of nitrogens with two attached hydrogens (primary N) is 1. The third-order valence-corrected chi connectivity index (χ3v) is 7.04. The lowest BCUT2D eigenvalue weighted by Crippen LogP contribution is -2.16. The molecule has 3 N–H and O–H groups in total. The van der Waals surface area contributed by atoms with Crippen LogP contribution >= 0.6 is 11.6 Å². The van der Waals surface area contributed by atoms with Crippen molar-refractivity contribution in [1.29, 1.82) is 0 Å². The summed E-state index contributed by atoms with van der Waals surface area (Å²) in [5, 5.41) is 3.57. The minimum atomic E-state index is -0.715. The van der Waals surface area contributed by atoms with Crippen LogP contribution in [-0.2, 0) is 6.54 Å². The lowest BCUT2D eigenvalue weighted by atomic mass is 9.95. The van der Waals surface area contributed by atoms with Crippen LogP contribution in [0.2, 0.25) is 5.02 Å². The Bertz CT molecular complexity index is 1660. The van der Waals surface area contributed by atoms with Crippen molar-refractivity contribution in [3.63, 3.8) is 0 Å². The smallest absolute Gasteiger partial charge is 0.227 e. The van der Waals surface area contributed by atoms with Crippen LogP contribution in [0.5, 0.6) is 0 Å². The quantitative estimate of drug-likeness (QED) is 0.285. The average Bonchev–Trinajstić information content (AvgIpc) is 3.30. The van der Waals surface area contributed by atoms with E-state index in [9.17, 15) is 13.6 Å². The van der Waals surface area contributed by atoms with Gasteiger partial charge in [-0.2, -0.15) is 0 Å². The maximum atomic E-state index is 14.8. The van der Waals surface area contributed by atoms with Gasteiger partial charge in [-0.25, -0.2) is 18.7 Å². The summed E-state index contributed by atoms with van der Waals surface area (Å²) in [5.41, 5.74) is 10.3. The van der Waals surface area contributed by atoms with Crippen LogP contribution in [0.4, 0.5) is 20.4 Å². The van der Waals surface area contributed by atoms with Crippen molar-refractivity contribution >= 4 is 34.7 Å². The van der Waals surface area contributed by atoms with Crippen LogP contribution in [0.1, 0.15) is 39.9 Å². The monoisotopic (exact) mass is 541 g/mol. The van der Waals surface area contributed by atoms with Gasteiger partial charge < -0.3 is 11.1 Å². The number of aromatic nitrogens is 2. The molecule has 2 aliphatic rings. The van der Waals surface area contributed by atoms with E-state index in [1.165, 1.54) is 18.2 Å². The highest BCUT2D eigenvalue weighted by atomic mass is 35.5. The van der Waals surface area contributed by atoms with Crippen molar-refractivity contribution in [2.24, 2.45) is 10.7 Å². The number of ketones is 1. The lowest BCUT2D eigenvalue weighted by Gasteiger charge is -2.13. The van der Waals surface area contributed by atoms with E-state index in [4.69, 9.17) is 22.3 Å². The first-order chi connectivity index (χ1) is 18.9. The Kier molecular flexibility index (Phi) is 6.50. The van der Waals surface area contributed by atoms with E-state index in [0.717, 1.165) is 5.57 Å². The second-order valence-electron chi connectivity index (χ2n) is 9.48. The molecule has 0 saturated heterocycles. The van der Waals surface area contributed by atoms with Crippen LogP contribution < -0.4 is 11.1 Å². The Morgan fingerprint density at radius 2 is 1.79 bits per heavy atom. The van der Waals surface area contributed by atoms with E-state index in [1.807, 2.05) is 6.08 Å². The van der Waals surface area contributed by atoms with Gasteiger partial charge in [0, 0.05) is 45.2 Å². The summed E-state index contributed by atoms with van der Waals surface area (Å²) in [6.45, 7) is 0.126. The highest BCUT2D eigenvalue weighted by Gasteiger charge is 2.25. The Hall–Kier alpha value is -4.27. The van der Waals surface area contributed by atoms with E-state index in [0.29, 0.717) is 57.4 Å². The molecule has 0 bridgehead atoms. The minimum absolute atomic E-state index is 0.00335. The Labute approximate surface area is 228 Å². The van der Waals surface area contributed by atoms with Crippen LogP contribution in [-0.4, -0.2) is 27.5 Å². The van der Waals surface area contributed by atoms with Gasteiger partial charge in [-0.1, -0.05) is 29.8 Å². The molecule has 6 nitrogen and oxygen atoms in total. The zero-order valence-electron chi connectivity index (χ0n) is 20.6. The number of nitrogens with one attached hydrogen (secondary N) is 1. The number of carbonyl (C=O) groups is 1. The number of rotatable bonds is 5. The molecule has 1 aliphatic carbocycles. The highest BCUT2D eigenvalue weighted by molar-refractivity contribution is 6.31. The van der Waals surface area contributed by atoms with Gasteiger partial charge >= 0.3 is 0 Å². The fraction of sp³-hybridized carbons (Fsp3) is 0.133. The molecule has 1 aromatic heterocycles. The molecule has 0 spiro atoms. The number of halogens is 3. The van der Waals surface area contributed by atoms with Crippen LogP contribution in [0.15, 0.2) is 83.5 Å². The molecule has 9 heteroatoms. The molecule has 6 rings (SSSR count). The van der Waals surface area contributed by atoms with Gasteiger partial charge in [-0.3, -0.25) is 9.79 Å². The minimum Gasteiger partial charge on any atom is -0.327 e. The summed E-state index contributed by atoms with van der Waals surface area (Å²) in [5.74, 6) is -1.13. The second-order valence-corrected chi connectivity index (χ2v) is 9.92. The molecule has 0 amide bonds. The van der Waals surface area contributed by atoms with Crippen molar-refractivity contribution in [3.8, 4) is 11.3 Å². The summed E-state index contributed by atoms with van der Waals surface area (Å²) in [7, 11) is 0. The van der Waals surface area contributed by atoms with E-state index in [2.05, 4.69) is 15.3 Å². The first-order valence-electron chi connectivity index (χ1n) is 12.4. The number of aliphatic imine (C=N–C) groups is 1. The molecular formula is C30H22ClF2N5O. The van der Waals surface area contributed by atoms with Crippen LogP contribution in [0.3, 0.4) is 0 Å². The molecule has 3 aromatic carbocycles. The number of benzene rings is 3. The molecular weight excluding hydrogens is 520 g/mol. The van der Waals surface area contributed by atoms with Crippen molar-refractivity contribution in [3.05, 3.63) is 117 Å². The Morgan fingerprint density at radius 1 is 1.03 bits per heavy atom. The standard InChI is InChI=1S/C30H22ClF2N5O/c31-19-7-11-22-23(13-19)28(26-24(32)2-1-3-25(26)33)35-14-18-15-36-30(38-27(18)22)37-21-9-5-16(6-10-21)29(39)17-4-8-20(34)12-17/h1-7,9-11,13,15,20H,8,12,14,34H2,(H,36,37,38). The summed E-state index contributed by atoms with van der Waals surface area (Å²) in [6, 6.07) is 15.9. The highest BCUT2D eigenvalue weighted by Crippen LogP contribution is 2.35. The fourth-order valence-electron chi connectivity index (χ4n) is 4.87. The summed E-state index contributed by atoms with van der Waals surface area (Å²) >= 11 is 6.29. The SMILES string of the molecule is NC1CC=C(C(=O)c2ccc(Nc3ncc4c(n3)-c3ccc(Cl)cc3C(c3c(F)cccc3F)=NC4)cc2)C1. The zero-order valence-corrected chi connectivity index (χ0v) is 21.3. The molecule has 194 valence electrons. The number of nitrogens with zero attached hydrogens (tertiary/aromatic N) is 3. The predicted octanol–water partition coefficient (Wildman–Crippen LogP) is 6.40. The molecule has 1 atom stereocenters. The molecule has 2 heterocycles. The van der Waals surface area contributed by atoms with Gasteiger partial charge in [0.05, 0.1) is 23.5 Å². The number of anilines is 2. The maximum Gasteiger partial charge on any atom is 0.227 e. The molecule has 4 aromatic rings. The predicted molar refractivity (Wildman–Crippen MR) is 148 cm³/mol. The van der Waals surface area contributed by atoms with Crippen LogP contribution in [0, 0.1) is 11.6 Å². The van der Waals surface area contributed by atoms with E-state index < -0.39 is 11.6 Å². The first kappa shape index (κ1) is 25.0. The molecule has 0 saturated carbocycles. The normalized spacial score (nSPS) is 16.1. The third-order valence-electron chi connectivity index (χ3n) is 6.81. The van der Waals surface area contributed by atoms with Gasteiger partial charge in [0.2, 0.25) is 5.95 Å². The topological polar surface area (TPSA) is 93.3 Å². The molecule has 0 radical (unpaired) electrons. The Balaban J connectivity index is 1.32. The molecule has 39 heavy (non-hydrogen) atoms. The number of hydrogen-bond donors (Lipinski definition) is 2. The average molecular weight is 542 g/mol. The van der Waals surface area contributed by atoms with Gasteiger partial charge in [0.25, 0.3) is 0 Å². The first-order valence-corrected chi connectivity index (χ1v) is 12.8. The largest absolute Gasteiger partial charge is 0.327 e. The molecule has 1 aliphatic heterocycles. The fourth-order valence-corrected chi connectivity index (χ4v) is 5.04. The van der Waals surface area contributed by atoms with E-state index in [1.54, 1.807) is 48.7 Å². The van der Waals surface area contributed by atoms with Crippen molar-refractivity contribution in [2.45, 2.75) is 25.4 Å². The molecule has 1 unspecified atom stereocenters. The third kappa shape index (κ3) is 4.84. The lowest BCUT2D eigenvalue weighted by molar-refractivity contribution is 0.103. The summed E-state index contributed by atoms with van der Waals surface area (Å²) < 4.78 is 29.5. The van der Waals surface area contributed by atoms with Crippen molar-refractivity contribution in [2.75, 3.05) is 5.32 Å². The van der Waals surface area contributed by atoms with Gasteiger partial charge in [-0.05, 0) is 66.9 Å². The molecule has 0 fully saturated rings. The number of Topliss-reactive ketones (excluding diaryl/α,β-unsaturated/α-hetero) is 1. The zero-order chi connectivity index (χ0) is 27.1. The summed E-state index contributed by atoms with van der Waals surface area (Å²) in [6.07, 6.45) is 4.85. The van der Waals surface area contributed by atoms with Gasteiger partial charge in [0.15, 0.2) is 5.78 Å². The second kappa shape index (κ2) is 10.1. The summed E-state index contributed by atoms with van der Waals surface area (Å²) in [4.78, 5) is 26.4. The van der Waals surface area contributed by atoms with Crippen molar-refractivity contribution < 1.29 is 13.6 Å². The number of carbonyl (C=O) groups excluding carboxylic acids is 1.